The molecule has 0 bridgehead atoms. The molecule has 118 valence electrons. The van der Waals surface area contributed by atoms with Gasteiger partial charge >= 0.3 is 0 Å². The summed E-state index contributed by atoms with van der Waals surface area (Å²) in [5.41, 5.74) is -1.21. The minimum absolute atomic E-state index is 0.00995. The van der Waals surface area contributed by atoms with E-state index in [9.17, 15) is 14.7 Å². The number of carbonyl (C=O) groups excluding carboxylic acids is 2. The Hall–Kier alpha value is -1.10. The number of carbonyl (C=O) groups is 2. The van der Waals surface area contributed by atoms with Gasteiger partial charge in [0.15, 0.2) is 0 Å². The second-order valence-corrected chi connectivity index (χ2v) is 6.32. The lowest BCUT2D eigenvalue weighted by atomic mass is 9.96. The van der Waals surface area contributed by atoms with Crippen LogP contribution in [0.5, 0.6) is 0 Å². The molecule has 0 aromatic carbocycles. The summed E-state index contributed by atoms with van der Waals surface area (Å²) in [6.07, 6.45) is 2.19. The Morgan fingerprint density at radius 2 is 1.60 bits per heavy atom. The first-order valence-corrected chi connectivity index (χ1v) is 7.42. The molecule has 0 heterocycles. The van der Waals surface area contributed by atoms with Gasteiger partial charge in [-0.2, -0.15) is 0 Å². The number of aliphatic hydroxyl groups is 1. The van der Waals surface area contributed by atoms with Crippen LogP contribution in [0.15, 0.2) is 0 Å². The summed E-state index contributed by atoms with van der Waals surface area (Å²) in [7, 11) is 0. The molecule has 0 saturated carbocycles. The van der Waals surface area contributed by atoms with Gasteiger partial charge in [0.1, 0.15) is 0 Å². The van der Waals surface area contributed by atoms with Crippen LogP contribution in [0.3, 0.4) is 0 Å². The van der Waals surface area contributed by atoms with Gasteiger partial charge in [-0.3, -0.25) is 9.59 Å². The van der Waals surface area contributed by atoms with E-state index in [1.54, 1.807) is 0 Å². The van der Waals surface area contributed by atoms with Crippen molar-refractivity contribution in [1.82, 2.24) is 10.6 Å². The molecule has 0 atom stereocenters. The molecule has 5 nitrogen and oxygen atoms in total. The molecule has 20 heavy (non-hydrogen) atoms. The van der Waals surface area contributed by atoms with Gasteiger partial charge in [-0.15, -0.1) is 0 Å². The van der Waals surface area contributed by atoms with Crippen molar-refractivity contribution in [2.45, 2.75) is 65.9 Å². The van der Waals surface area contributed by atoms with Crippen LogP contribution >= 0.6 is 0 Å². The minimum atomic E-state index is -0.809. The van der Waals surface area contributed by atoms with Gasteiger partial charge in [-0.25, -0.2) is 0 Å². The van der Waals surface area contributed by atoms with Crippen LogP contribution in [-0.2, 0) is 9.59 Å². The van der Waals surface area contributed by atoms with Gasteiger partial charge in [0.2, 0.25) is 11.8 Å². The average Bonchev–Trinajstić information content (AvgIpc) is 2.39. The lowest BCUT2D eigenvalue weighted by Gasteiger charge is -2.25. The number of rotatable bonds is 8. The highest BCUT2D eigenvalue weighted by Gasteiger charge is 2.23. The third-order valence-corrected chi connectivity index (χ3v) is 3.48. The predicted octanol–water partition coefficient (Wildman–Crippen LogP) is 1.60. The van der Waals surface area contributed by atoms with Gasteiger partial charge < -0.3 is 15.7 Å². The summed E-state index contributed by atoms with van der Waals surface area (Å²) in [6.45, 7) is 10.1. The van der Waals surface area contributed by atoms with Gasteiger partial charge in [0.25, 0.3) is 0 Å². The van der Waals surface area contributed by atoms with Gasteiger partial charge in [-0.05, 0) is 19.3 Å². The summed E-state index contributed by atoms with van der Waals surface area (Å²) in [5.74, 6) is -0.0976. The van der Waals surface area contributed by atoms with E-state index in [0.717, 1.165) is 0 Å². The van der Waals surface area contributed by atoms with E-state index in [1.165, 1.54) is 0 Å². The molecule has 0 saturated heterocycles. The fourth-order valence-electron chi connectivity index (χ4n) is 1.57. The van der Waals surface area contributed by atoms with E-state index in [4.69, 9.17) is 0 Å². The fourth-order valence-corrected chi connectivity index (χ4v) is 1.57. The van der Waals surface area contributed by atoms with Crippen molar-refractivity contribution in [3.05, 3.63) is 0 Å². The second kappa shape index (κ2) is 8.25. The van der Waals surface area contributed by atoms with Crippen LogP contribution in [0.1, 0.15) is 60.3 Å². The summed E-state index contributed by atoms with van der Waals surface area (Å²) in [4.78, 5) is 23.2. The predicted molar refractivity (Wildman–Crippen MR) is 80.2 cm³/mol. The van der Waals surface area contributed by atoms with Crippen molar-refractivity contribution in [3.8, 4) is 0 Å². The third kappa shape index (κ3) is 7.48. The summed E-state index contributed by atoms with van der Waals surface area (Å²) in [5, 5.41) is 15.6. The first-order valence-electron chi connectivity index (χ1n) is 7.42. The molecule has 0 aromatic rings. The molecule has 0 unspecified atom stereocenters. The topological polar surface area (TPSA) is 78.4 Å². The molecular formula is C15H30N2O3. The summed E-state index contributed by atoms with van der Waals surface area (Å²) >= 11 is 0. The number of amides is 2. The van der Waals surface area contributed by atoms with Crippen LogP contribution in [0.2, 0.25) is 0 Å². The van der Waals surface area contributed by atoms with Crippen LogP contribution < -0.4 is 10.6 Å². The highest BCUT2D eigenvalue weighted by atomic mass is 16.3. The molecular weight excluding hydrogens is 256 g/mol. The van der Waals surface area contributed by atoms with Crippen LogP contribution in [-0.4, -0.2) is 35.6 Å². The number of hydrogen-bond donors (Lipinski definition) is 3. The van der Waals surface area contributed by atoms with Crippen molar-refractivity contribution in [3.63, 3.8) is 0 Å². The Bertz CT molecular complexity index is 318. The van der Waals surface area contributed by atoms with Crippen LogP contribution in [0, 0.1) is 5.41 Å². The quantitative estimate of drug-likeness (QED) is 0.593. The van der Waals surface area contributed by atoms with E-state index in [-0.39, 0.29) is 18.4 Å². The molecule has 0 aliphatic rings. The molecule has 0 rings (SSSR count). The molecule has 5 heteroatoms. The Balaban J connectivity index is 3.83. The Morgan fingerprint density at radius 3 is 2.05 bits per heavy atom. The molecule has 0 aliphatic heterocycles. The monoisotopic (exact) mass is 286 g/mol. The van der Waals surface area contributed by atoms with Gasteiger partial charge in [0.05, 0.1) is 5.60 Å². The van der Waals surface area contributed by atoms with Crippen LogP contribution in [0.4, 0.5) is 0 Å². The van der Waals surface area contributed by atoms with Crippen LogP contribution in [0.25, 0.3) is 0 Å². The zero-order valence-electron chi connectivity index (χ0n) is 13.5. The van der Waals surface area contributed by atoms with Crippen molar-refractivity contribution in [2.75, 3.05) is 13.1 Å². The molecule has 2 amide bonds. The maximum absolute atomic E-state index is 11.6. The second-order valence-electron chi connectivity index (χ2n) is 6.32. The van der Waals surface area contributed by atoms with Gasteiger partial charge in [0, 0.05) is 24.9 Å². The molecule has 0 fully saturated rings. The zero-order chi connectivity index (χ0) is 15.8. The van der Waals surface area contributed by atoms with Crippen molar-refractivity contribution >= 4 is 11.8 Å². The van der Waals surface area contributed by atoms with Crippen molar-refractivity contribution in [1.29, 1.82) is 0 Å². The van der Waals surface area contributed by atoms with E-state index in [1.807, 2.05) is 34.6 Å². The maximum Gasteiger partial charge on any atom is 0.225 e. The molecule has 0 aromatic heterocycles. The Kier molecular flexibility index (Phi) is 7.79. The number of nitrogens with one attached hydrogen (secondary N) is 2. The maximum atomic E-state index is 11.6. The molecule has 0 spiro atoms. The lowest BCUT2D eigenvalue weighted by molar-refractivity contribution is -0.128. The smallest absolute Gasteiger partial charge is 0.225 e. The summed E-state index contributed by atoms with van der Waals surface area (Å²) < 4.78 is 0. The van der Waals surface area contributed by atoms with E-state index < -0.39 is 11.0 Å². The minimum Gasteiger partial charge on any atom is -0.388 e. The van der Waals surface area contributed by atoms with Gasteiger partial charge in [-0.1, -0.05) is 34.6 Å². The van der Waals surface area contributed by atoms with Crippen molar-refractivity contribution in [2.24, 2.45) is 5.41 Å². The fraction of sp³-hybridized carbons (Fsp3) is 0.867. The standard InChI is InChI=1S/C15H30N2O3/c1-6-15(20,7-2)11-17-12(18)9-8-10-16-13(19)14(3,4)5/h20H,6-11H2,1-5H3,(H,16,19)(H,17,18). The first-order chi connectivity index (χ1) is 9.14. The Morgan fingerprint density at radius 1 is 1.05 bits per heavy atom. The normalized spacial score (nSPS) is 12.1. The highest BCUT2D eigenvalue weighted by molar-refractivity contribution is 5.81. The van der Waals surface area contributed by atoms with E-state index >= 15 is 0 Å². The first kappa shape index (κ1) is 18.9. The Labute approximate surface area is 122 Å². The van der Waals surface area contributed by atoms with Crippen molar-refractivity contribution < 1.29 is 14.7 Å². The molecule has 0 aliphatic carbocycles. The highest BCUT2D eigenvalue weighted by Crippen LogP contribution is 2.13. The van der Waals surface area contributed by atoms with E-state index in [0.29, 0.717) is 32.2 Å². The van der Waals surface area contributed by atoms with E-state index in [2.05, 4.69) is 10.6 Å². The molecule has 0 radical (unpaired) electrons. The number of hydrogen-bond acceptors (Lipinski definition) is 3. The zero-order valence-corrected chi connectivity index (χ0v) is 13.5. The SMILES string of the molecule is CCC(O)(CC)CNC(=O)CCCNC(=O)C(C)(C)C. The third-order valence-electron chi connectivity index (χ3n) is 3.48. The summed E-state index contributed by atoms with van der Waals surface area (Å²) in [6, 6.07) is 0. The molecule has 3 N–H and O–H groups in total. The average molecular weight is 286 g/mol. The lowest BCUT2D eigenvalue weighted by Crippen LogP contribution is -2.42. The largest absolute Gasteiger partial charge is 0.388 e.